The van der Waals surface area contributed by atoms with E-state index in [1.807, 2.05) is 11.6 Å². The molecule has 1 atom stereocenters. The molecule has 2 N–H and O–H groups in total. The van der Waals surface area contributed by atoms with Gasteiger partial charge in [-0.3, -0.25) is 0 Å². The van der Waals surface area contributed by atoms with Crippen LogP contribution in [-0.2, 0) is 14.8 Å². The summed E-state index contributed by atoms with van der Waals surface area (Å²) in [5, 5.41) is 2.50. The molecule has 0 saturated carbocycles. The number of benzene rings is 1. The summed E-state index contributed by atoms with van der Waals surface area (Å²) in [7, 11) is -3.91. The first kappa shape index (κ1) is 20.2. The van der Waals surface area contributed by atoms with Gasteiger partial charge in [-0.05, 0) is 30.5 Å². The first-order valence-electron chi connectivity index (χ1n) is 8.30. The zero-order chi connectivity index (χ0) is 18.0. The minimum Gasteiger partial charge on any atom is -0.337 e. The normalized spacial score (nSPS) is 12.4. The van der Waals surface area contributed by atoms with E-state index >= 15 is 0 Å². The van der Waals surface area contributed by atoms with Crippen molar-refractivity contribution in [3.05, 3.63) is 29.8 Å². The monoisotopic (exact) mass is 354 g/mol. The number of carbonyl (C=O) groups is 2. The Kier molecular flexibility index (Phi) is 8.46. The Hall–Kier alpha value is -1.89. The maximum atomic E-state index is 12.2. The molecule has 1 rings (SSSR count). The van der Waals surface area contributed by atoms with Gasteiger partial charge in [-0.15, -0.1) is 0 Å². The van der Waals surface area contributed by atoms with Gasteiger partial charge in [-0.2, -0.15) is 0 Å². The molecule has 2 amide bonds. The highest BCUT2D eigenvalue weighted by Gasteiger charge is 2.18. The molecule has 0 aliphatic carbocycles. The van der Waals surface area contributed by atoms with Gasteiger partial charge in [0.15, 0.2) is 0 Å². The maximum Gasteiger partial charge on any atom is 0.328 e. The number of rotatable bonds is 10. The Morgan fingerprint density at radius 2 is 1.75 bits per heavy atom. The highest BCUT2D eigenvalue weighted by atomic mass is 32.2. The number of amides is 2. The Balaban J connectivity index is 2.75. The van der Waals surface area contributed by atoms with Gasteiger partial charge in [-0.25, -0.2) is 17.9 Å². The summed E-state index contributed by atoms with van der Waals surface area (Å²) in [4.78, 5) is 22.8. The van der Waals surface area contributed by atoms with Crippen molar-refractivity contribution in [2.75, 3.05) is 6.54 Å². The van der Waals surface area contributed by atoms with Gasteiger partial charge in [0.2, 0.25) is 0 Å². The maximum absolute atomic E-state index is 12.2. The van der Waals surface area contributed by atoms with E-state index in [-0.39, 0.29) is 10.8 Å². The van der Waals surface area contributed by atoms with Gasteiger partial charge >= 0.3 is 6.03 Å². The summed E-state index contributed by atoms with van der Waals surface area (Å²) >= 11 is 0. The molecule has 0 bridgehead atoms. The van der Waals surface area contributed by atoms with Crippen LogP contribution in [0.15, 0.2) is 29.2 Å². The number of unbranched alkanes of at least 4 members (excludes halogenated alkanes) is 2. The van der Waals surface area contributed by atoms with Crippen LogP contribution >= 0.6 is 0 Å². The number of hydrogen-bond donors (Lipinski definition) is 2. The molecule has 134 valence electrons. The van der Waals surface area contributed by atoms with Crippen LogP contribution in [0.4, 0.5) is 4.79 Å². The molecular formula is C17H26N2O4S. The van der Waals surface area contributed by atoms with Gasteiger partial charge in [-0.1, -0.05) is 45.2 Å². The molecular weight excluding hydrogens is 328 g/mol. The van der Waals surface area contributed by atoms with E-state index in [2.05, 4.69) is 12.2 Å². The smallest absolute Gasteiger partial charge is 0.328 e. The molecule has 0 spiro atoms. The Labute approximate surface area is 144 Å². The SMILES string of the molecule is CCCCNC(=O)NS(=O)(=O)c1ccc(C(C=O)CCCC)cc1. The van der Waals surface area contributed by atoms with Crippen LogP contribution in [0.2, 0.25) is 0 Å². The quantitative estimate of drug-likeness (QED) is 0.499. The minimum absolute atomic E-state index is 0.00275. The zero-order valence-corrected chi connectivity index (χ0v) is 15.1. The number of carbonyl (C=O) groups excluding carboxylic acids is 2. The number of hydrogen-bond acceptors (Lipinski definition) is 4. The van der Waals surface area contributed by atoms with Gasteiger partial charge < -0.3 is 10.1 Å². The van der Waals surface area contributed by atoms with Gasteiger partial charge in [0.05, 0.1) is 4.90 Å². The van der Waals surface area contributed by atoms with E-state index in [9.17, 15) is 18.0 Å². The molecule has 1 unspecified atom stereocenters. The third-order valence-electron chi connectivity index (χ3n) is 3.69. The van der Waals surface area contributed by atoms with E-state index in [0.717, 1.165) is 44.0 Å². The molecule has 0 aromatic heterocycles. The second-order valence-corrected chi connectivity index (χ2v) is 7.35. The fraction of sp³-hybridized carbons (Fsp3) is 0.529. The minimum atomic E-state index is -3.91. The van der Waals surface area contributed by atoms with Crippen molar-refractivity contribution in [2.24, 2.45) is 0 Å². The lowest BCUT2D eigenvalue weighted by Crippen LogP contribution is -2.39. The molecule has 7 heteroatoms. The predicted octanol–water partition coefficient (Wildman–Crippen LogP) is 2.95. The summed E-state index contributed by atoms with van der Waals surface area (Å²) in [6.07, 6.45) is 5.25. The third-order valence-corrected chi connectivity index (χ3v) is 5.04. The lowest BCUT2D eigenvalue weighted by molar-refractivity contribution is -0.109. The molecule has 6 nitrogen and oxygen atoms in total. The van der Waals surface area contributed by atoms with Crippen molar-refractivity contribution >= 4 is 22.3 Å². The summed E-state index contributed by atoms with van der Waals surface area (Å²) in [5.74, 6) is -0.230. The standard InChI is InChI=1S/C17H26N2O4S/c1-3-5-7-15(13-20)14-8-10-16(11-9-14)24(22,23)19-17(21)18-12-6-4-2/h8-11,13,15H,3-7,12H2,1-2H3,(H2,18,19,21). The second kappa shape index (κ2) is 10.1. The van der Waals surface area contributed by atoms with Gasteiger partial charge in [0.25, 0.3) is 10.0 Å². The third kappa shape index (κ3) is 6.31. The number of urea groups is 1. The molecule has 24 heavy (non-hydrogen) atoms. The first-order valence-corrected chi connectivity index (χ1v) is 9.78. The first-order chi connectivity index (χ1) is 11.4. The summed E-state index contributed by atoms with van der Waals surface area (Å²) in [6, 6.07) is 5.34. The van der Waals surface area contributed by atoms with Crippen LogP contribution in [0.1, 0.15) is 57.4 Å². The molecule has 0 radical (unpaired) electrons. The van der Waals surface area contributed by atoms with Crippen LogP contribution in [0.25, 0.3) is 0 Å². The molecule has 0 fully saturated rings. The lowest BCUT2D eigenvalue weighted by atomic mass is 9.95. The fourth-order valence-corrected chi connectivity index (χ4v) is 3.16. The van der Waals surface area contributed by atoms with E-state index in [1.165, 1.54) is 12.1 Å². The second-order valence-electron chi connectivity index (χ2n) is 5.67. The highest BCUT2D eigenvalue weighted by molar-refractivity contribution is 7.90. The van der Waals surface area contributed by atoms with Gasteiger partial charge in [0, 0.05) is 12.5 Å². The van der Waals surface area contributed by atoms with Crippen LogP contribution in [0.3, 0.4) is 0 Å². The molecule has 0 heterocycles. The van der Waals surface area contributed by atoms with Crippen molar-refractivity contribution in [1.29, 1.82) is 0 Å². The summed E-state index contributed by atoms with van der Waals surface area (Å²) in [5.41, 5.74) is 0.782. The van der Waals surface area contributed by atoms with Crippen LogP contribution in [0, 0.1) is 0 Å². The molecule has 1 aromatic carbocycles. The van der Waals surface area contributed by atoms with Crippen molar-refractivity contribution in [3.63, 3.8) is 0 Å². The van der Waals surface area contributed by atoms with Crippen molar-refractivity contribution in [2.45, 2.75) is 56.8 Å². The number of aldehydes is 1. The van der Waals surface area contributed by atoms with Crippen molar-refractivity contribution in [3.8, 4) is 0 Å². The zero-order valence-electron chi connectivity index (χ0n) is 14.2. The van der Waals surface area contributed by atoms with Crippen LogP contribution < -0.4 is 10.0 Å². The Morgan fingerprint density at radius 3 is 2.29 bits per heavy atom. The molecule has 0 aliphatic rings. The number of sulfonamides is 1. The largest absolute Gasteiger partial charge is 0.337 e. The topological polar surface area (TPSA) is 92.3 Å². The molecule has 1 aromatic rings. The summed E-state index contributed by atoms with van der Waals surface area (Å²) < 4.78 is 26.3. The van der Waals surface area contributed by atoms with E-state index in [1.54, 1.807) is 12.1 Å². The highest BCUT2D eigenvalue weighted by Crippen LogP contribution is 2.21. The van der Waals surface area contributed by atoms with Crippen LogP contribution in [0.5, 0.6) is 0 Å². The van der Waals surface area contributed by atoms with E-state index in [4.69, 9.17) is 0 Å². The van der Waals surface area contributed by atoms with Crippen molar-refractivity contribution in [1.82, 2.24) is 10.0 Å². The van der Waals surface area contributed by atoms with Crippen molar-refractivity contribution < 1.29 is 18.0 Å². The average Bonchev–Trinajstić information content (AvgIpc) is 2.56. The van der Waals surface area contributed by atoms with Crippen LogP contribution in [-0.4, -0.2) is 27.3 Å². The molecule has 0 aliphatic heterocycles. The molecule has 0 saturated heterocycles. The Morgan fingerprint density at radius 1 is 1.12 bits per heavy atom. The van der Waals surface area contributed by atoms with E-state index in [0.29, 0.717) is 6.54 Å². The summed E-state index contributed by atoms with van der Waals surface area (Å²) in [6.45, 7) is 4.45. The lowest BCUT2D eigenvalue weighted by Gasteiger charge is -2.12. The van der Waals surface area contributed by atoms with Gasteiger partial charge in [0.1, 0.15) is 6.29 Å². The Bertz CT molecular complexity index is 626. The predicted molar refractivity (Wildman–Crippen MR) is 93.4 cm³/mol. The number of nitrogens with one attached hydrogen (secondary N) is 2. The average molecular weight is 354 g/mol. The fourth-order valence-electron chi connectivity index (χ4n) is 2.23. The van der Waals surface area contributed by atoms with E-state index < -0.39 is 16.1 Å².